The van der Waals surface area contributed by atoms with Crippen molar-refractivity contribution in [1.29, 1.82) is 0 Å². The van der Waals surface area contributed by atoms with Crippen LogP contribution in [0.4, 0.5) is 0 Å². The molecule has 5 rings (SSSR count). The molecule has 3 heterocycles. The number of carbonyl (C=O) groups excluding carboxylic acids is 1. The van der Waals surface area contributed by atoms with Gasteiger partial charge in [0.25, 0.3) is 5.56 Å². The maximum atomic E-state index is 13.7. The number of ether oxygens (including phenoxy) is 3. The second kappa shape index (κ2) is 11.4. The van der Waals surface area contributed by atoms with E-state index in [2.05, 4.69) is 4.99 Å². The van der Waals surface area contributed by atoms with E-state index in [1.54, 1.807) is 48.9 Å². The van der Waals surface area contributed by atoms with Gasteiger partial charge >= 0.3 is 5.97 Å². The summed E-state index contributed by atoms with van der Waals surface area (Å²) in [5.74, 6) is 0.542. The quantitative estimate of drug-likeness (QED) is 0.267. The van der Waals surface area contributed by atoms with Crippen LogP contribution in [0.1, 0.15) is 29.0 Å². The second-order valence-corrected chi connectivity index (χ2v) is 11.3. The summed E-state index contributed by atoms with van der Waals surface area (Å²) in [7, 11) is 2.88. The van der Waals surface area contributed by atoms with Crippen LogP contribution in [0.15, 0.2) is 75.0 Å². The summed E-state index contributed by atoms with van der Waals surface area (Å²) in [6, 6.07) is 13.9. The fourth-order valence-corrected chi connectivity index (χ4v) is 6.43. The Hall–Kier alpha value is -3.37. The maximum Gasteiger partial charge on any atom is 0.338 e. The van der Waals surface area contributed by atoms with Crippen molar-refractivity contribution in [1.82, 2.24) is 4.57 Å². The van der Waals surface area contributed by atoms with E-state index in [1.165, 1.54) is 29.8 Å². The van der Waals surface area contributed by atoms with Crippen molar-refractivity contribution in [2.45, 2.75) is 19.6 Å². The number of aromatic nitrogens is 1. The van der Waals surface area contributed by atoms with Gasteiger partial charge in [0.05, 0.1) is 40.1 Å². The van der Waals surface area contributed by atoms with Crippen LogP contribution in [0.5, 0.6) is 11.5 Å². The number of esters is 1. The Morgan fingerprint density at radius 3 is 2.62 bits per heavy atom. The van der Waals surface area contributed by atoms with Gasteiger partial charge in [0, 0.05) is 4.88 Å². The normalized spacial score (nSPS) is 15.1. The molecule has 0 saturated carbocycles. The number of carbonyl (C=O) groups is 1. The molecular formula is C28H22Cl2N2O5S2. The number of benzene rings is 2. The first-order chi connectivity index (χ1) is 18.8. The Morgan fingerprint density at radius 1 is 1.10 bits per heavy atom. The van der Waals surface area contributed by atoms with Crippen LogP contribution in [0, 0.1) is 0 Å². The Balaban J connectivity index is 1.50. The molecule has 200 valence electrons. The number of rotatable bonds is 7. The van der Waals surface area contributed by atoms with Gasteiger partial charge in [-0.25, -0.2) is 9.79 Å². The predicted molar refractivity (Wildman–Crippen MR) is 154 cm³/mol. The lowest BCUT2D eigenvalue weighted by molar-refractivity contribution is -0.136. The maximum absolute atomic E-state index is 13.7. The molecule has 1 unspecified atom stereocenters. The Labute approximate surface area is 241 Å². The lowest BCUT2D eigenvalue weighted by Gasteiger charge is -2.22. The number of nitrogens with zero attached hydrogens (tertiary/aromatic N) is 2. The van der Waals surface area contributed by atoms with E-state index in [0.29, 0.717) is 42.1 Å². The van der Waals surface area contributed by atoms with Crippen LogP contribution in [0.3, 0.4) is 0 Å². The molecular weight excluding hydrogens is 579 g/mol. The third kappa shape index (κ3) is 5.40. The smallest absolute Gasteiger partial charge is 0.338 e. The van der Waals surface area contributed by atoms with Crippen LogP contribution >= 0.6 is 45.9 Å². The minimum Gasteiger partial charge on any atom is -0.493 e. The highest BCUT2D eigenvalue weighted by Gasteiger charge is 2.33. The highest BCUT2D eigenvalue weighted by atomic mass is 35.5. The number of thiophene rings is 1. The number of hydrogen-bond donors (Lipinski definition) is 0. The first kappa shape index (κ1) is 27.2. The van der Waals surface area contributed by atoms with Crippen molar-refractivity contribution >= 4 is 57.9 Å². The van der Waals surface area contributed by atoms with E-state index >= 15 is 0 Å². The minimum atomic E-state index is -0.609. The van der Waals surface area contributed by atoms with Gasteiger partial charge in [0.2, 0.25) is 0 Å². The zero-order valence-electron chi connectivity index (χ0n) is 21.1. The second-order valence-electron chi connectivity index (χ2n) is 8.54. The zero-order chi connectivity index (χ0) is 27.7. The van der Waals surface area contributed by atoms with Crippen molar-refractivity contribution < 1.29 is 19.0 Å². The third-order valence-corrected chi connectivity index (χ3v) is 8.75. The molecule has 0 aliphatic carbocycles. The molecule has 0 spiro atoms. The van der Waals surface area contributed by atoms with E-state index in [-0.39, 0.29) is 12.2 Å². The lowest BCUT2D eigenvalue weighted by Crippen LogP contribution is -2.39. The van der Waals surface area contributed by atoms with E-state index < -0.39 is 12.0 Å². The molecule has 2 aromatic carbocycles. The molecule has 0 amide bonds. The van der Waals surface area contributed by atoms with Crippen molar-refractivity contribution in [3.63, 3.8) is 0 Å². The van der Waals surface area contributed by atoms with Gasteiger partial charge in [-0.2, -0.15) is 0 Å². The van der Waals surface area contributed by atoms with Crippen molar-refractivity contribution in [3.8, 4) is 11.5 Å². The van der Waals surface area contributed by atoms with E-state index in [0.717, 1.165) is 16.0 Å². The fourth-order valence-electron chi connectivity index (χ4n) is 4.24. The average molecular weight is 602 g/mol. The Bertz CT molecular complexity index is 1770. The summed E-state index contributed by atoms with van der Waals surface area (Å²) < 4.78 is 18.6. The van der Waals surface area contributed by atoms with Gasteiger partial charge in [0.15, 0.2) is 16.3 Å². The number of halogens is 2. The molecule has 0 bridgehead atoms. The van der Waals surface area contributed by atoms with Crippen LogP contribution in [0.25, 0.3) is 6.08 Å². The average Bonchev–Trinajstić information content (AvgIpc) is 3.57. The first-order valence-electron chi connectivity index (χ1n) is 11.7. The van der Waals surface area contributed by atoms with E-state index in [1.807, 2.05) is 29.6 Å². The highest BCUT2D eigenvalue weighted by molar-refractivity contribution is 7.10. The summed E-state index contributed by atoms with van der Waals surface area (Å²) >= 11 is 14.8. The molecule has 0 radical (unpaired) electrons. The molecule has 2 aromatic heterocycles. The van der Waals surface area contributed by atoms with Gasteiger partial charge < -0.3 is 14.2 Å². The fraction of sp³-hybridized carbons (Fsp3) is 0.179. The van der Waals surface area contributed by atoms with Crippen LogP contribution < -0.4 is 24.4 Å². The van der Waals surface area contributed by atoms with E-state index in [9.17, 15) is 9.59 Å². The van der Waals surface area contributed by atoms with Gasteiger partial charge in [-0.3, -0.25) is 9.36 Å². The molecule has 1 aliphatic heterocycles. The molecule has 0 saturated heterocycles. The van der Waals surface area contributed by atoms with Gasteiger partial charge in [-0.1, -0.05) is 52.7 Å². The van der Waals surface area contributed by atoms with Crippen molar-refractivity contribution in [2.75, 3.05) is 14.2 Å². The number of allylic oxidation sites excluding steroid dienone is 1. The minimum absolute atomic E-state index is 0.245. The van der Waals surface area contributed by atoms with Gasteiger partial charge in [-0.05, 0) is 59.8 Å². The molecule has 1 atom stereocenters. The topological polar surface area (TPSA) is 79.1 Å². The number of thiazole rings is 1. The summed E-state index contributed by atoms with van der Waals surface area (Å²) in [5, 5.41) is 2.84. The van der Waals surface area contributed by atoms with Gasteiger partial charge in [0.1, 0.15) is 12.6 Å². The molecule has 0 fully saturated rings. The third-order valence-electron chi connectivity index (χ3n) is 6.10. The van der Waals surface area contributed by atoms with E-state index in [4.69, 9.17) is 37.4 Å². The summed E-state index contributed by atoms with van der Waals surface area (Å²) in [5.41, 5.74) is 2.24. The molecule has 0 N–H and O–H groups in total. The molecule has 4 aromatic rings. The Kier molecular flexibility index (Phi) is 7.95. The molecule has 1 aliphatic rings. The monoisotopic (exact) mass is 600 g/mol. The first-order valence-corrected chi connectivity index (χ1v) is 14.1. The SMILES string of the molecule is COC(=O)C1=C(C)N=c2sc(=Cc3ccc(OCc4ccc(Cl)c(Cl)c4)c(OC)c3)c(=O)n2C1c1cccs1. The van der Waals surface area contributed by atoms with Crippen molar-refractivity contribution in [2.24, 2.45) is 4.99 Å². The summed E-state index contributed by atoms with van der Waals surface area (Å²) in [4.78, 5) is 32.3. The largest absolute Gasteiger partial charge is 0.493 e. The van der Waals surface area contributed by atoms with Gasteiger partial charge in [-0.15, -0.1) is 11.3 Å². The molecule has 39 heavy (non-hydrogen) atoms. The lowest BCUT2D eigenvalue weighted by atomic mass is 10.0. The highest BCUT2D eigenvalue weighted by Crippen LogP contribution is 2.33. The van der Waals surface area contributed by atoms with Crippen LogP contribution in [-0.2, 0) is 16.1 Å². The summed E-state index contributed by atoms with van der Waals surface area (Å²) in [6.07, 6.45) is 1.78. The molecule has 7 nitrogen and oxygen atoms in total. The van der Waals surface area contributed by atoms with Crippen molar-refractivity contribution in [3.05, 3.63) is 111 Å². The van der Waals surface area contributed by atoms with Crippen LogP contribution in [0.2, 0.25) is 10.0 Å². The van der Waals surface area contributed by atoms with Crippen LogP contribution in [-0.4, -0.2) is 24.8 Å². The predicted octanol–water partition coefficient (Wildman–Crippen LogP) is 5.36. The molecule has 11 heteroatoms. The number of fused-ring (bicyclic) bond motifs is 1. The number of hydrogen-bond acceptors (Lipinski definition) is 8. The summed E-state index contributed by atoms with van der Waals surface area (Å²) in [6.45, 7) is 2.03. The number of methoxy groups -OCH3 is 2. The standard InChI is InChI=1S/C28H22Cl2N2O5S2/c1-15-24(27(34)36-3)25(22-5-4-10-38-22)32-26(33)23(39-28(32)31-15)13-16-7-9-20(21(12-16)35-2)37-14-17-6-8-18(29)19(30)11-17/h4-13,25H,14H2,1-3H3. The Morgan fingerprint density at radius 2 is 1.92 bits per heavy atom. The zero-order valence-corrected chi connectivity index (χ0v) is 24.2.